The summed E-state index contributed by atoms with van der Waals surface area (Å²) in [5, 5.41) is 3.26. The molecule has 1 amide bonds. The van der Waals surface area contributed by atoms with Gasteiger partial charge in [-0.15, -0.1) is 0 Å². The van der Waals surface area contributed by atoms with Gasteiger partial charge >= 0.3 is 0 Å². The summed E-state index contributed by atoms with van der Waals surface area (Å²) >= 11 is 0. The minimum atomic E-state index is -0.414. The minimum absolute atomic E-state index is 0.0737. The Balaban J connectivity index is 1.95. The van der Waals surface area contributed by atoms with Crippen LogP contribution in [-0.4, -0.2) is 34.2 Å². The van der Waals surface area contributed by atoms with Gasteiger partial charge in [0.15, 0.2) is 0 Å². The van der Waals surface area contributed by atoms with Gasteiger partial charge in [-0.1, -0.05) is 18.2 Å². The van der Waals surface area contributed by atoms with Gasteiger partial charge in [0.2, 0.25) is 5.82 Å². The molecule has 0 fully saturated rings. The molecule has 7 nitrogen and oxygen atoms in total. The van der Waals surface area contributed by atoms with Crippen LogP contribution in [0.4, 0.5) is 0 Å². The molecule has 0 saturated heterocycles. The Morgan fingerprint density at radius 2 is 2.08 bits per heavy atom. The SMILES string of the molecule is COCCn1c(C(=O)NCc2cccnc2)nc2ccccc2c1=O. The molecule has 25 heavy (non-hydrogen) atoms. The zero-order valence-electron chi connectivity index (χ0n) is 13.8. The van der Waals surface area contributed by atoms with Gasteiger partial charge < -0.3 is 10.1 Å². The first-order valence-corrected chi connectivity index (χ1v) is 7.86. The number of aromatic nitrogens is 3. The van der Waals surface area contributed by atoms with Crippen LogP contribution in [-0.2, 0) is 17.8 Å². The number of fused-ring (bicyclic) bond motifs is 1. The predicted octanol–water partition coefficient (Wildman–Crippen LogP) is 1.37. The number of para-hydroxylation sites is 1. The summed E-state index contributed by atoms with van der Waals surface area (Å²) in [6.45, 7) is 0.866. The Hall–Kier alpha value is -3.06. The van der Waals surface area contributed by atoms with E-state index in [0.29, 0.717) is 24.1 Å². The smallest absolute Gasteiger partial charge is 0.287 e. The lowest BCUT2D eigenvalue weighted by atomic mass is 10.2. The van der Waals surface area contributed by atoms with Crippen molar-refractivity contribution in [2.75, 3.05) is 13.7 Å². The Morgan fingerprint density at radius 3 is 2.84 bits per heavy atom. The van der Waals surface area contributed by atoms with E-state index in [2.05, 4.69) is 15.3 Å². The monoisotopic (exact) mass is 338 g/mol. The molecule has 0 saturated carbocycles. The highest BCUT2D eigenvalue weighted by Crippen LogP contribution is 2.08. The van der Waals surface area contributed by atoms with Crippen molar-refractivity contribution in [1.29, 1.82) is 0 Å². The van der Waals surface area contributed by atoms with Gasteiger partial charge in [-0.05, 0) is 23.8 Å². The third kappa shape index (κ3) is 3.72. The molecule has 128 valence electrons. The second-order valence-corrected chi connectivity index (χ2v) is 5.45. The molecule has 1 N–H and O–H groups in total. The molecule has 0 atom stereocenters. The molecule has 0 aliphatic heterocycles. The number of ether oxygens (including phenoxy) is 1. The van der Waals surface area contributed by atoms with Crippen LogP contribution in [0.15, 0.2) is 53.6 Å². The van der Waals surface area contributed by atoms with E-state index in [1.54, 1.807) is 49.8 Å². The molecule has 0 radical (unpaired) electrons. The number of carbonyl (C=O) groups excluding carboxylic acids is 1. The van der Waals surface area contributed by atoms with Crippen LogP contribution in [0, 0.1) is 0 Å². The van der Waals surface area contributed by atoms with Crippen molar-refractivity contribution >= 4 is 16.8 Å². The van der Waals surface area contributed by atoms with Crippen molar-refractivity contribution in [3.05, 3.63) is 70.5 Å². The maximum atomic E-state index is 12.7. The van der Waals surface area contributed by atoms with E-state index in [-0.39, 0.29) is 17.9 Å². The van der Waals surface area contributed by atoms with Crippen molar-refractivity contribution in [2.45, 2.75) is 13.1 Å². The van der Waals surface area contributed by atoms with Gasteiger partial charge in [0.25, 0.3) is 11.5 Å². The summed E-state index contributed by atoms with van der Waals surface area (Å²) in [7, 11) is 1.54. The molecule has 3 aromatic rings. The number of amides is 1. The van der Waals surface area contributed by atoms with Crippen LogP contribution < -0.4 is 10.9 Å². The zero-order valence-corrected chi connectivity index (χ0v) is 13.8. The first kappa shape index (κ1) is 16.8. The van der Waals surface area contributed by atoms with E-state index in [9.17, 15) is 9.59 Å². The van der Waals surface area contributed by atoms with E-state index in [1.807, 2.05) is 6.07 Å². The Kier molecular flexibility index (Phi) is 5.15. The number of hydrogen-bond acceptors (Lipinski definition) is 5. The number of benzene rings is 1. The van der Waals surface area contributed by atoms with Crippen molar-refractivity contribution in [3.8, 4) is 0 Å². The highest BCUT2D eigenvalue weighted by Gasteiger charge is 2.17. The average molecular weight is 338 g/mol. The number of methoxy groups -OCH3 is 1. The largest absolute Gasteiger partial charge is 0.383 e. The molecule has 0 unspecified atom stereocenters. The minimum Gasteiger partial charge on any atom is -0.383 e. The van der Waals surface area contributed by atoms with Gasteiger partial charge in [-0.3, -0.25) is 19.1 Å². The third-order valence-corrected chi connectivity index (χ3v) is 3.76. The number of carbonyl (C=O) groups is 1. The quantitative estimate of drug-likeness (QED) is 0.733. The standard InChI is InChI=1S/C18H18N4O3/c1-25-10-9-22-16(17(23)20-12-13-5-4-8-19-11-13)21-15-7-3-2-6-14(15)18(22)24/h2-8,11H,9-10,12H2,1H3,(H,20,23). The molecule has 7 heteroatoms. The zero-order chi connectivity index (χ0) is 17.6. The summed E-state index contributed by atoms with van der Waals surface area (Å²) in [5.41, 5.74) is 1.10. The fourth-order valence-electron chi connectivity index (χ4n) is 2.50. The second-order valence-electron chi connectivity index (χ2n) is 5.45. The van der Waals surface area contributed by atoms with Crippen LogP contribution >= 0.6 is 0 Å². The molecule has 1 aromatic carbocycles. The number of rotatable bonds is 6. The lowest BCUT2D eigenvalue weighted by molar-refractivity contribution is 0.0931. The van der Waals surface area contributed by atoms with Gasteiger partial charge in [0, 0.05) is 26.0 Å². The van der Waals surface area contributed by atoms with Gasteiger partial charge in [-0.25, -0.2) is 4.98 Å². The van der Waals surface area contributed by atoms with Crippen LogP contribution in [0.1, 0.15) is 16.2 Å². The van der Waals surface area contributed by atoms with Crippen LogP contribution in [0.2, 0.25) is 0 Å². The van der Waals surface area contributed by atoms with Crippen molar-refractivity contribution in [1.82, 2.24) is 19.9 Å². The van der Waals surface area contributed by atoms with Crippen LogP contribution in [0.3, 0.4) is 0 Å². The fraction of sp³-hybridized carbons (Fsp3) is 0.222. The molecule has 2 aromatic heterocycles. The molecular formula is C18H18N4O3. The number of hydrogen-bond donors (Lipinski definition) is 1. The number of pyridine rings is 1. The highest BCUT2D eigenvalue weighted by molar-refractivity contribution is 5.93. The second kappa shape index (κ2) is 7.67. The van der Waals surface area contributed by atoms with E-state index in [4.69, 9.17) is 4.74 Å². The average Bonchev–Trinajstić information content (AvgIpc) is 2.66. The lowest BCUT2D eigenvalue weighted by Crippen LogP contribution is -2.34. The van der Waals surface area contributed by atoms with E-state index >= 15 is 0 Å². The fourth-order valence-corrected chi connectivity index (χ4v) is 2.50. The van der Waals surface area contributed by atoms with E-state index in [0.717, 1.165) is 5.56 Å². The topological polar surface area (TPSA) is 86.1 Å². The third-order valence-electron chi connectivity index (χ3n) is 3.76. The van der Waals surface area contributed by atoms with Gasteiger partial charge in [-0.2, -0.15) is 0 Å². The van der Waals surface area contributed by atoms with Crippen molar-refractivity contribution in [2.24, 2.45) is 0 Å². The Bertz CT molecular complexity index is 938. The maximum Gasteiger partial charge on any atom is 0.287 e. The van der Waals surface area contributed by atoms with Crippen molar-refractivity contribution in [3.63, 3.8) is 0 Å². The Labute approximate surface area is 144 Å². The normalized spacial score (nSPS) is 10.8. The summed E-state index contributed by atoms with van der Waals surface area (Å²) in [6.07, 6.45) is 3.34. The number of nitrogens with one attached hydrogen (secondary N) is 1. The summed E-state index contributed by atoms with van der Waals surface area (Å²) in [5.74, 6) is -0.340. The molecule has 0 bridgehead atoms. The molecular weight excluding hydrogens is 320 g/mol. The van der Waals surface area contributed by atoms with Crippen molar-refractivity contribution < 1.29 is 9.53 Å². The molecule has 2 heterocycles. The molecule has 0 aliphatic carbocycles. The lowest BCUT2D eigenvalue weighted by Gasteiger charge is -2.13. The van der Waals surface area contributed by atoms with E-state index < -0.39 is 5.91 Å². The summed E-state index contributed by atoms with van der Waals surface area (Å²) in [6, 6.07) is 10.6. The van der Waals surface area contributed by atoms with Crippen LogP contribution in [0.25, 0.3) is 10.9 Å². The molecule has 0 aliphatic rings. The highest BCUT2D eigenvalue weighted by atomic mass is 16.5. The summed E-state index contributed by atoms with van der Waals surface area (Å²) < 4.78 is 6.40. The predicted molar refractivity (Wildman–Crippen MR) is 93.3 cm³/mol. The van der Waals surface area contributed by atoms with Crippen LogP contribution in [0.5, 0.6) is 0 Å². The van der Waals surface area contributed by atoms with Gasteiger partial charge in [0.05, 0.1) is 24.1 Å². The summed E-state index contributed by atoms with van der Waals surface area (Å²) in [4.78, 5) is 33.7. The first-order valence-electron chi connectivity index (χ1n) is 7.86. The Morgan fingerprint density at radius 1 is 1.24 bits per heavy atom. The first-order chi connectivity index (χ1) is 12.2. The molecule has 3 rings (SSSR count). The molecule has 0 spiro atoms. The maximum absolute atomic E-state index is 12.7. The van der Waals surface area contributed by atoms with Gasteiger partial charge in [0.1, 0.15) is 0 Å². The number of nitrogens with zero attached hydrogens (tertiary/aromatic N) is 3. The van der Waals surface area contributed by atoms with E-state index in [1.165, 1.54) is 4.57 Å².